The molecule has 4 nitrogen and oxygen atoms in total. The summed E-state index contributed by atoms with van der Waals surface area (Å²) >= 11 is 0. The summed E-state index contributed by atoms with van der Waals surface area (Å²) in [6.45, 7) is 0.238. The largest absolute Gasteiger partial charge is 0.505 e. The number of nitrogens with zero attached hydrogens (tertiary/aromatic N) is 1. The number of phenolic OH excluding ortho intramolecular Hbond substituents is 1. The van der Waals surface area contributed by atoms with E-state index in [2.05, 4.69) is 12.0 Å². The minimum absolute atomic E-state index is 0.0843. The van der Waals surface area contributed by atoms with Crippen LogP contribution in [0.2, 0.25) is 0 Å². The molecule has 0 unspecified atom stereocenters. The average Bonchev–Trinajstić information content (AvgIpc) is 2.86. The topological polar surface area (TPSA) is 57.6 Å². The number of fused-ring (bicyclic) bond motifs is 1. The molecule has 1 fully saturated rings. The third-order valence-electron chi connectivity index (χ3n) is 4.36. The first-order valence-electron chi connectivity index (χ1n) is 7.39. The Bertz CT molecular complexity index is 681. The number of hydrogen-bond acceptors (Lipinski definition) is 3. The van der Waals surface area contributed by atoms with Gasteiger partial charge in [0.25, 0.3) is 5.91 Å². The number of phenols is 1. The second-order valence-electron chi connectivity index (χ2n) is 5.83. The molecule has 0 radical (unpaired) electrons. The van der Waals surface area contributed by atoms with Crippen LogP contribution >= 0.6 is 0 Å². The molecule has 1 aliphatic heterocycles. The number of hydrogen-bond donors (Lipinski definition) is 1. The van der Waals surface area contributed by atoms with Crippen molar-refractivity contribution in [3.8, 4) is 17.7 Å². The first kappa shape index (κ1) is 14.6. The van der Waals surface area contributed by atoms with E-state index in [1.54, 1.807) is 6.07 Å². The number of halogens is 1. The van der Waals surface area contributed by atoms with Gasteiger partial charge in [0.2, 0.25) is 0 Å². The maximum atomic E-state index is 13.8. The minimum atomic E-state index is -0.877. The van der Waals surface area contributed by atoms with Gasteiger partial charge in [-0.05, 0) is 37.3 Å². The fourth-order valence-electron chi connectivity index (χ4n) is 3.00. The van der Waals surface area contributed by atoms with Crippen LogP contribution in [0.3, 0.4) is 0 Å². The van der Waals surface area contributed by atoms with Crippen LogP contribution in [0.4, 0.5) is 4.39 Å². The van der Waals surface area contributed by atoms with Crippen LogP contribution in [-0.2, 0) is 11.3 Å². The molecule has 2 aliphatic rings. The predicted octanol–water partition coefficient (Wildman–Crippen LogP) is 2.45. The second kappa shape index (κ2) is 5.80. The van der Waals surface area contributed by atoms with E-state index >= 15 is 0 Å². The molecule has 1 aromatic carbocycles. The fraction of sp³-hybridized carbons (Fsp3) is 0.412. The van der Waals surface area contributed by atoms with Gasteiger partial charge in [0, 0.05) is 17.9 Å². The predicted molar refractivity (Wildman–Crippen MR) is 77.2 cm³/mol. The smallest absolute Gasteiger partial charge is 0.269 e. The summed E-state index contributed by atoms with van der Waals surface area (Å²) in [5.41, 5.74) is 0.457. The van der Waals surface area contributed by atoms with Crippen LogP contribution in [0, 0.1) is 29.6 Å². The SMILES string of the molecule is O=CC1CCC(C#CN2Cc3ccc(O)c(F)c3C2=O)CC1. The van der Waals surface area contributed by atoms with Crippen LogP contribution in [0.25, 0.3) is 0 Å². The standard InChI is InChI=1S/C17H16FNO3/c18-16-14(21)6-5-13-9-19(17(22)15(13)16)8-7-11-1-3-12(10-20)4-2-11/h5-6,10-12,21H,1-4,9H2. The highest BCUT2D eigenvalue weighted by molar-refractivity contribution is 6.00. The lowest BCUT2D eigenvalue weighted by Crippen LogP contribution is -2.19. The van der Waals surface area contributed by atoms with Crippen molar-refractivity contribution in [1.82, 2.24) is 4.90 Å². The van der Waals surface area contributed by atoms with Crippen LogP contribution in [-0.4, -0.2) is 22.2 Å². The van der Waals surface area contributed by atoms with Crippen LogP contribution in [0.5, 0.6) is 5.75 Å². The van der Waals surface area contributed by atoms with E-state index in [4.69, 9.17) is 0 Å². The summed E-state index contributed by atoms with van der Waals surface area (Å²) in [6.07, 6.45) is 4.36. The van der Waals surface area contributed by atoms with Crippen molar-refractivity contribution in [2.45, 2.75) is 32.2 Å². The summed E-state index contributed by atoms with van der Waals surface area (Å²) in [4.78, 5) is 24.2. The Morgan fingerprint density at radius 1 is 1.27 bits per heavy atom. The molecule has 0 atom stereocenters. The van der Waals surface area contributed by atoms with E-state index < -0.39 is 17.5 Å². The lowest BCUT2D eigenvalue weighted by molar-refractivity contribution is -0.112. The van der Waals surface area contributed by atoms with Gasteiger partial charge >= 0.3 is 0 Å². The highest BCUT2D eigenvalue weighted by atomic mass is 19.1. The Morgan fingerprint density at radius 3 is 2.68 bits per heavy atom. The summed E-state index contributed by atoms with van der Waals surface area (Å²) < 4.78 is 13.8. The van der Waals surface area contributed by atoms with Crippen molar-refractivity contribution in [3.05, 3.63) is 29.1 Å². The molecule has 0 bridgehead atoms. The van der Waals surface area contributed by atoms with Gasteiger partial charge in [-0.2, -0.15) is 0 Å². The van der Waals surface area contributed by atoms with Crippen LogP contribution < -0.4 is 0 Å². The van der Waals surface area contributed by atoms with Gasteiger partial charge in [0.1, 0.15) is 6.29 Å². The van der Waals surface area contributed by atoms with Gasteiger partial charge in [-0.15, -0.1) is 0 Å². The van der Waals surface area contributed by atoms with Gasteiger partial charge in [-0.3, -0.25) is 9.69 Å². The Hall–Kier alpha value is -2.35. The van der Waals surface area contributed by atoms with E-state index in [1.807, 2.05) is 0 Å². The third kappa shape index (κ3) is 2.57. The molecular formula is C17H16FNO3. The zero-order valence-corrected chi connectivity index (χ0v) is 12.0. The molecule has 0 spiro atoms. The van der Waals surface area contributed by atoms with E-state index in [1.165, 1.54) is 11.0 Å². The van der Waals surface area contributed by atoms with Crippen molar-refractivity contribution in [2.75, 3.05) is 0 Å². The van der Waals surface area contributed by atoms with Crippen LogP contribution in [0.15, 0.2) is 12.1 Å². The van der Waals surface area contributed by atoms with Crippen molar-refractivity contribution in [3.63, 3.8) is 0 Å². The number of rotatable bonds is 1. The Labute approximate surface area is 127 Å². The van der Waals surface area contributed by atoms with Gasteiger partial charge in [-0.25, -0.2) is 4.39 Å². The molecule has 1 heterocycles. The summed E-state index contributed by atoms with van der Waals surface area (Å²) in [7, 11) is 0. The summed E-state index contributed by atoms with van der Waals surface area (Å²) in [5.74, 6) is 1.47. The first-order valence-corrected chi connectivity index (χ1v) is 7.39. The summed E-state index contributed by atoms with van der Waals surface area (Å²) in [6, 6.07) is 5.62. The molecule has 0 aromatic heterocycles. The van der Waals surface area contributed by atoms with Gasteiger partial charge < -0.3 is 9.90 Å². The van der Waals surface area contributed by atoms with Gasteiger partial charge in [0.05, 0.1) is 12.1 Å². The van der Waals surface area contributed by atoms with E-state index in [9.17, 15) is 19.1 Å². The lowest BCUT2D eigenvalue weighted by Gasteiger charge is -2.21. The quantitative estimate of drug-likeness (QED) is 0.640. The van der Waals surface area contributed by atoms with E-state index in [0.29, 0.717) is 5.56 Å². The van der Waals surface area contributed by atoms with Gasteiger partial charge in [0.15, 0.2) is 11.6 Å². The Morgan fingerprint density at radius 2 is 2.00 bits per heavy atom. The zero-order chi connectivity index (χ0) is 15.7. The van der Waals surface area contributed by atoms with Crippen LogP contribution in [0.1, 0.15) is 41.6 Å². The molecule has 1 saturated carbocycles. The number of aromatic hydroxyl groups is 1. The number of carbonyl (C=O) groups excluding carboxylic acids is 2. The monoisotopic (exact) mass is 301 g/mol. The van der Waals surface area contributed by atoms with Gasteiger partial charge in [-0.1, -0.05) is 12.0 Å². The molecule has 114 valence electrons. The van der Waals surface area contributed by atoms with Crippen molar-refractivity contribution < 1.29 is 19.1 Å². The fourth-order valence-corrected chi connectivity index (χ4v) is 3.00. The Kier molecular flexibility index (Phi) is 3.84. The molecule has 1 amide bonds. The minimum Gasteiger partial charge on any atom is -0.505 e. The molecular weight excluding hydrogens is 285 g/mol. The van der Waals surface area contributed by atoms with E-state index in [-0.39, 0.29) is 23.9 Å². The highest BCUT2D eigenvalue weighted by Crippen LogP contribution is 2.30. The molecule has 1 aliphatic carbocycles. The summed E-state index contributed by atoms with van der Waals surface area (Å²) in [5, 5.41) is 9.36. The number of carbonyl (C=O) groups is 2. The Balaban J connectivity index is 1.72. The number of benzene rings is 1. The zero-order valence-electron chi connectivity index (χ0n) is 12.0. The molecule has 0 saturated heterocycles. The lowest BCUT2D eigenvalue weighted by atomic mass is 9.83. The molecule has 1 N–H and O–H groups in total. The number of aldehydes is 1. The molecule has 22 heavy (non-hydrogen) atoms. The molecule has 5 heteroatoms. The number of amides is 1. The molecule has 3 rings (SSSR count). The first-order chi connectivity index (χ1) is 10.6. The average molecular weight is 301 g/mol. The normalized spacial score (nSPS) is 23.7. The van der Waals surface area contributed by atoms with Crippen molar-refractivity contribution in [2.24, 2.45) is 11.8 Å². The van der Waals surface area contributed by atoms with E-state index in [0.717, 1.165) is 32.0 Å². The highest BCUT2D eigenvalue weighted by Gasteiger charge is 2.31. The second-order valence-corrected chi connectivity index (χ2v) is 5.83. The molecule has 1 aromatic rings. The van der Waals surface area contributed by atoms with Crippen molar-refractivity contribution >= 4 is 12.2 Å². The van der Waals surface area contributed by atoms with Crippen molar-refractivity contribution in [1.29, 1.82) is 0 Å². The maximum Gasteiger partial charge on any atom is 0.269 e. The third-order valence-corrected chi connectivity index (χ3v) is 4.36. The maximum absolute atomic E-state index is 13.8.